The first-order valence-corrected chi connectivity index (χ1v) is 6.75. The zero-order valence-electron chi connectivity index (χ0n) is 10.5. The van der Waals surface area contributed by atoms with Crippen LogP contribution in [0.1, 0.15) is 5.69 Å². The number of carbonyl (C=O) groups is 1. The Morgan fingerprint density at radius 1 is 1.42 bits per heavy atom. The second kappa shape index (κ2) is 6.04. The molecule has 1 heterocycles. The number of rotatable bonds is 4. The summed E-state index contributed by atoms with van der Waals surface area (Å²) in [6.07, 6.45) is 0.170. The molecule has 19 heavy (non-hydrogen) atoms. The maximum absolute atomic E-state index is 11.2. The van der Waals surface area contributed by atoms with Crippen LogP contribution in [0.15, 0.2) is 23.6 Å². The molecule has 0 saturated carbocycles. The minimum absolute atomic E-state index is 0.170. The Kier molecular flexibility index (Phi) is 4.39. The first-order valence-electron chi connectivity index (χ1n) is 5.49. The van der Waals surface area contributed by atoms with Crippen LogP contribution in [-0.2, 0) is 16.0 Å². The normalized spacial score (nSPS) is 10.3. The van der Waals surface area contributed by atoms with E-state index in [9.17, 15) is 4.79 Å². The summed E-state index contributed by atoms with van der Waals surface area (Å²) in [6, 6.07) is 5.36. The number of thiazole rings is 1. The Morgan fingerprint density at radius 3 is 2.89 bits per heavy atom. The lowest BCUT2D eigenvalue weighted by Gasteiger charge is -2.05. The van der Waals surface area contributed by atoms with Gasteiger partial charge in [0.2, 0.25) is 0 Å². The van der Waals surface area contributed by atoms with Crippen molar-refractivity contribution < 1.29 is 14.3 Å². The van der Waals surface area contributed by atoms with Gasteiger partial charge in [-0.15, -0.1) is 11.3 Å². The number of hydrogen-bond acceptors (Lipinski definition) is 5. The maximum atomic E-state index is 11.2. The molecule has 100 valence electrons. The first kappa shape index (κ1) is 13.8. The standard InChI is InChI=1S/C13H12ClNO3S/c1-17-11-5-8(14)3-4-10(11)13-15-9(7-19-13)6-12(16)18-2/h3-5,7H,6H2,1-2H3. The van der Waals surface area contributed by atoms with Crippen LogP contribution in [0.5, 0.6) is 5.75 Å². The van der Waals surface area contributed by atoms with Gasteiger partial charge in [-0.1, -0.05) is 11.6 Å². The van der Waals surface area contributed by atoms with E-state index in [0.717, 1.165) is 10.6 Å². The molecule has 0 saturated heterocycles. The minimum Gasteiger partial charge on any atom is -0.496 e. The lowest BCUT2D eigenvalue weighted by atomic mass is 10.2. The quantitative estimate of drug-likeness (QED) is 0.813. The molecule has 1 aromatic carbocycles. The smallest absolute Gasteiger partial charge is 0.311 e. The molecular formula is C13H12ClNO3S. The number of ether oxygens (including phenoxy) is 2. The summed E-state index contributed by atoms with van der Waals surface area (Å²) >= 11 is 7.37. The Morgan fingerprint density at radius 2 is 2.21 bits per heavy atom. The van der Waals surface area contributed by atoms with Crippen molar-refractivity contribution in [2.24, 2.45) is 0 Å². The van der Waals surface area contributed by atoms with Gasteiger partial charge in [-0.25, -0.2) is 4.98 Å². The third-order valence-electron chi connectivity index (χ3n) is 2.50. The van der Waals surface area contributed by atoms with Crippen molar-refractivity contribution in [1.29, 1.82) is 0 Å². The van der Waals surface area contributed by atoms with Crippen molar-refractivity contribution in [2.75, 3.05) is 14.2 Å². The topological polar surface area (TPSA) is 48.4 Å². The zero-order chi connectivity index (χ0) is 13.8. The van der Waals surface area contributed by atoms with Crippen LogP contribution < -0.4 is 4.74 Å². The van der Waals surface area contributed by atoms with Gasteiger partial charge in [-0.2, -0.15) is 0 Å². The van der Waals surface area contributed by atoms with Crippen LogP contribution >= 0.6 is 22.9 Å². The molecule has 4 nitrogen and oxygen atoms in total. The Bertz CT molecular complexity index is 597. The van der Waals surface area contributed by atoms with E-state index in [1.807, 2.05) is 11.4 Å². The highest BCUT2D eigenvalue weighted by atomic mass is 35.5. The fourth-order valence-electron chi connectivity index (χ4n) is 1.57. The minimum atomic E-state index is -0.306. The third kappa shape index (κ3) is 3.24. The van der Waals surface area contributed by atoms with Gasteiger partial charge in [-0.3, -0.25) is 4.79 Å². The second-order valence-electron chi connectivity index (χ2n) is 3.74. The van der Waals surface area contributed by atoms with Crippen LogP contribution in [0.3, 0.4) is 0 Å². The van der Waals surface area contributed by atoms with Crippen LogP contribution in [-0.4, -0.2) is 25.2 Å². The summed E-state index contributed by atoms with van der Waals surface area (Å²) in [4.78, 5) is 15.6. The molecule has 0 N–H and O–H groups in total. The van der Waals surface area contributed by atoms with E-state index in [0.29, 0.717) is 16.5 Å². The van der Waals surface area contributed by atoms with Gasteiger partial charge in [-0.05, 0) is 18.2 Å². The molecule has 0 atom stereocenters. The molecule has 0 amide bonds. The van der Waals surface area contributed by atoms with Crippen molar-refractivity contribution >= 4 is 28.9 Å². The SMILES string of the molecule is COC(=O)Cc1csc(-c2ccc(Cl)cc2OC)n1. The molecule has 0 fully saturated rings. The number of methoxy groups -OCH3 is 2. The van der Waals surface area contributed by atoms with E-state index >= 15 is 0 Å². The van der Waals surface area contributed by atoms with Crippen molar-refractivity contribution in [3.63, 3.8) is 0 Å². The van der Waals surface area contributed by atoms with Crippen LogP contribution in [0, 0.1) is 0 Å². The van der Waals surface area contributed by atoms with Gasteiger partial charge in [0.1, 0.15) is 10.8 Å². The van der Waals surface area contributed by atoms with Crippen LogP contribution in [0.2, 0.25) is 5.02 Å². The first-order chi connectivity index (χ1) is 9.13. The lowest BCUT2D eigenvalue weighted by molar-refractivity contribution is -0.139. The van der Waals surface area contributed by atoms with Gasteiger partial charge in [0.05, 0.1) is 31.9 Å². The third-order valence-corrected chi connectivity index (χ3v) is 3.66. The molecule has 0 bridgehead atoms. The van der Waals surface area contributed by atoms with Gasteiger partial charge in [0.25, 0.3) is 0 Å². The highest BCUT2D eigenvalue weighted by Crippen LogP contribution is 2.34. The molecule has 2 rings (SSSR count). The molecular weight excluding hydrogens is 286 g/mol. The highest BCUT2D eigenvalue weighted by Gasteiger charge is 2.12. The molecule has 0 aliphatic heterocycles. The van der Waals surface area contributed by atoms with E-state index in [1.165, 1.54) is 18.4 Å². The lowest BCUT2D eigenvalue weighted by Crippen LogP contribution is -2.04. The van der Waals surface area contributed by atoms with E-state index in [4.69, 9.17) is 16.3 Å². The van der Waals surface area contributed by atoms with Crippen LogP contribution in [0.25, 0.3) is 10.6 Å². The fourth-order valence-corrected chi connectivity index (χ4v) is 2.59. The predicted molar refractivity (Wildman–Crippen MR) is 74.8 cm³/mol. The molecule has 0 spiro atoms. The average molecular weight is 298 g/mol. The van der Waals surface area contributed by atoms with Crippen molar-refractivity contribution in [1.82, 2.24) is 4.98 Å². The van der Waals surface area contributed by atoms with Gasteiger partial charge in [0, 0.05) is 10.4 Å². The number of halogens is 1. The van der Waals surface area contributed by atoms with Gasteiger partial charge in [0.15, 0.2) is 0 Å². The van der Waals surface area contributed by atoms with E-state index in [2.05, 4.69) is 9.72 Å². The molecule has 0 radical (unpaired) electrons. The molecule has 0 unspecified atom stereocenters. The summed E-state index contributed by atoms with van der Waals surface area (Å²) < 4.78 is 9.90. The molecule has 6 heteroatoms. The number of aromatic nitrogens is 1. The zero-order valence-corrected chi connectivity index (χ0v) is 12.0. The molecule has 0 aliphatic carbocycles. The van der Waals surface area contributed by atoms with E-state index < -0.39 is 0 Å². The molecule has 2 aromatic rings. The van der Waals surface area contributed by atoms with Gasteiger partial charge >= 0.3 is 5.97 Å². The fraction of sp³-hybridized carbons (Fsp3) is 0.231. The van der Waals surface area contributed by atoms with Gasteiger partial charge < -0.3 is 9.47 Å². The Hall–Kier alpha value is -1.59. The summed E-state index contributed by atoms with van der Waals surface area (Å²) in [5, 5.41) is 3.22. The Balaban J connectivity index is 2.30. The van der Waals surface area contributed by atoms with Crippen molar-refractivity contribution in [2.45, 2.75) is 6.42 Å². The summed E-state index contributed by atoms with van der Waals surface area (Å²) in [5.41, 5.74) is 1.54. The molecule has 1 aromatic heterocycles. The Labute approximate surface area is 120 Å². The number of hydrogen-bond donors (Lipinski definition) is 0. The number of esters is 1. The highest BCUT2D eigenvalue weighted by molar-refractivity contribution is 7.13. The monoisotopic (exact) mass is 297 g/mol. The number of benzene rings is 1. The summed E-state index contributed by atoms with van der Waals surface area (Å²) in [7, 11) is 2.94. The van der Waals surface area contributed by atoms with E-state index in [-0.39, 0.29) is 12.4 Å². The second-order valence-corrected chi connectivity index (χ2v) is 5.04. The summed E-state index contributed by atoms with van der Waals surface area (Å²) in [5.74, 6) is 0.353. The van der Waals surface area contributed by atoms with Crippen molar-refractivity contribution in [3.05, 3.63) is 34.3 Å². The molecule has 0 aliphatic rings. The van der Waals surface area contributed by atoms with Crippen molar-refractivity contribution in [3.8, 4) is 16.3 Å². The largest absolute Gasteiger partial charge is 0.496 e. The van der Waals surface area contributed by atoms with Crippen LogP contribution in [0.4, 0.5) is 0 Å². The average Bonchev–Trinajstić information content (AvgIpc) is 2.86. The summed E-state index contributed by atoms with van der Waals surface area (Å²) in [6.45, 7) is 0. The maximum Gasteiger partial charge on any atom is 0.311 e. The van der Waals surface area contributed by atoms with E-state index in [1.54, 1.807) is 19.2 Å². The number of nitrogens with zero attached hydrogens (tertiary/aromatic N) is 1. The predicted octanol–water partition coefficient (Wildman–Crippen LogP) is 3.19. The number of carbonyl (C=O) groups excluding carboxylic acids is 1.